The number of piperidine rings is 1. The van der Waals surface area contributed by atoms with E-state index < -0.39 is 11.6 Å². The van der Waals surface area contributed by atoms with Gasteiger partial charge >= 0.3 is 0 Å². The van der Waals surface area contributed by atoms with Crippen LogP contribution in [-0.4, -0.2) is 30.8 Å². The monoisotopic (exact) mass is 284 g/mol. The van der Waals surface area contributed by atoms with Crippen molar-refractivity contribution in [1.82, 2.24) is 5.32 Å². The van der Waals surface area contributed by atoms with Gasteiger partial charge in [0.15, 0.2) is 0 Å². The third kappa shape index (κ3) is 3.27. The van der Waals surface area contributed by atoms with Gasteiger partial charge in [0.25, 0.3) is 0 Å². The van der Waals surface area contributed by atoms with Crippen molar-refractivity contribution in [3.63, 3.8) is 0 Å². The van der Waals surface area contributed by atoms with Crippen LogP contribution in [0.25, 0.3) is 0 Å². The van der Waals surface area contributed by atoms with Crippen molar-refractivity contribution in [2.45, 2.75) is 38.8 Å². The number of benzene rings is 1. The van der Waals surface area contributed by atoms with E-state index in [-0.39, 0.29) is 18.3 Å². The van der Waals surface area contributed by atoms with E-state index >= 15 is 0 Å². The predicted molar refractivity (Wildman–Crippen MR) is 75.8 cm³/mol. The third-order valence-electron chi connectivity index (χ3n) is 3.78. The molecule has 20 heavy (non-hydrogen) atoms. The molecule has 1 aliphatic heterocycles. The number of anilines is 1. The zero-order chi connectivity index (χ0) is 14.5. The Morgan fingerprint density at radius 3 is 2.60 bits per heavy atom. The first-order valence-corrected chi connectivity index (χ1v) is 7.23. The summed E-state index contributed by atoms with van der Waals surface area (Å²) in [5.41, 5.74) is 0.604. The Labute approximate surface area is 118 Å². The van der Waals surface area contributed by atoms with Gasteiger partial charge in [-0.3, -0.25) is 0 Å². The molecule has 1 aromatic carbocycles. The summed E-state index contributed by atoms with van der Waals surface area (Å²) in [4.78, 5) is 1.67. The molecule has 112 valence electrons. The summed E-state index contributed by atoms with van der Waals surface area (Å²) in [5, 5.41) is 12.4. The maximum absolute atomic E-state index is 14.2. The van der Waals surface area contributed by atoms with Gasteiger partial charge in [-0.2, -0.15) is 0 Å². The Morgan fingerprint density at radius 2 is 2.00 bits per heavy atom. The second-order valence-electron chi connectivity index (χ2n) is 5.21. The summed E-state index contributed by atoms with van der Waals surface area (Å²) in [5.74, 6) is -1.09. The molecule has 2 rings (SSSR count). The molecule has 1 saturated heterocycles. The van der Waals surface area contributed by atoms with Crippen LogP contribution in [0.1, 0.15) is 31.7 Å². The van der Waals surface area contributed by atoms with Crippen LogP contribution in [0, 0.1) is 11.6 Å². The van der Waals surface area contributed by atoms with Gasteiger partial charge in [-0.25, -0.2) is 8.78 Å². The first-order chi connectivity index (χ1) is 9.67. The number of aliphatic hydroxyl groups excluding tert-OH is 1. The van der Waals surface area contributed by atoms with Gasteiger partial charge in [0, 0.05) is 13.1 Å². The van der Waals surface area contributed by atoms with Crippen molar-refractivity contribution in [2.75, 3.05) is 24.6 Å². The van der Waals surface area contributed by atoms with Crippen molar-refractivity contribution in [3.8, 4) is 0 Å². The number of hydrogen-bond donors (Lipinski definition) is 2. The Kier molecular flexibility index (Phi) is 5.31. The highest BCUT2D eigenvalue weighted by molar-refractivity contribution is 5.52. The van der Waals surface area contributed by atoms with E-state index in [0.717, 1.165) is 25.8 Å². The molecule has 1 aliphatic rings. The normalized spacial score (nSPS) is 19.4. The molecule has 1 unspecified atom stereocenters. The van der Waals surface area contributed by atoms with Gasteiger partial charge in [0.1, 0.15) is 17.3 Å². The summed E-state index contributed by atoms with van der Waals surface area (Å²) in [6.07, 6.45) is 2.66. The third-order valence-corrected chi connectivity index (χ3v) is 3.78. The quantitative estimate of drug-likeness (QED) is 0.871. The van der Waals surface area contributed by atoms with Crippen molar-refractivity contribution >= 4 is 5.69 Å². The number of nitrogens with one attached hydrogen (secondary N) is 1. The molecule has 1 aromatic rings. The van der Waals surface area contributed by atoms with Crippen molar-refractivity contribution in [1.29, 1.82) is 0 Å². The molecule has 1 heterocycles. The molecule has 0 saturated carbocycles. The minimum Gasteiger partial charge on any atom is -0.394 e. The highest BCUT2D eigenvalue weighted by Crippen LogP contribution is 2.30. The first kappa shape index (κ1) is 15.2. The van der Waals surface area contributed by atoms with Crippen LogP contribution < -0.4 is 10.2 Å². The van der Waals surface area contributed by atoms with Crippen LogP contribution in [0.15, 0.2) is 12.1 Å². The van der Waals surface area contributed by atoms with E-state index in [2.05, 4.69) is 5.32 Å². The number of aliphatic hydroxyl groups is 1. The fourth-order valence-electron chi connectivity index (χ4n) is 2.75. The van der Waals surface area contributed by atoms with Crippen LogP contribution in [0.3, 0.4) is 0 Å². The Morgan fingerprint density at radius 1 is 1.30 bits per heavy atom. The first-order valence-electron chi connectivity index (χ1n) is 7.23. The lowest BCUT2D eigenvalue weighted by Crippen LogP contribution is -2.43. The van der Waals surface area contributed by atoms with Crippen molar-refractivity contribution in [2.24, 2.45) is 0 Å². The topological polar surface area (TPSA) is 35.5 Å². The molecular weight excluding hydrogens is 262 g/mol. The lowest BCUT2D eigenvalue weighted by Gasteiger charge is -2.36. The molecule has 0 aliphatic carbocycles. The van der Waals surface area contributed by atoms with Gasteiger partial charge in [0.2, 0.25) is 0 Å². The summed E-state index contributed by atoms with van der Waals surface area (Å²) in [7, 11) is 0. The van der Waals surface area contributed by atoms with Gasteiger partial charge < -0.3 is 15.3 Å². The molecule has 1 fully saturated rings. The second-order valence-corrected chi connectivity index (χ2v) is 5.21. The minimum atomic E-state index is -0.543. The molecule has 0 bridgehead atoms. The average Bonchev–Trinajstić information content (AvgIpc) is 2.45. The Bertz CT molecular complexity index is 430. The van der Waals surface area contributed by atoms with Gasteiger partial charge in [-0.05, 0) is 43.5 Å². The van der Waals surface area contributed by atoms with Gasteiger partial charge in [-0.15, -0.1) is 0 Å². The van der Waals surface area contributed by atoms with Crippen LogP contribution in [-0.2, 0) is 6.54 Å². The van der Waals surface area contributed by atoms with E-state index in [1.807, 2.05) is 6.92 Å². The zero-order valence-electron chi connectivity index (χ0n) is 11.8. The molecule has 0 radical (unpaired) electrons. The summed E-state index contributed by atoms with van der Waals surface area (Å²) in [6, 6.07) is 2.57. The molecule has 5 heteroatoms. The standard InChI is InChI=1S/C15H22F2N2O/c1-2-18-9-11-7-13(16)15(14(17)8-11)19-6-4-3-5-12(19)10-20/h7-8,12,18,20H,2-6,9-10H2,1H3. The SMILES string of the molecule is CCNCc1cc(F)c(N2CCCCC2CO)c(F)c1. The van der Waals surface area contributed by atoms with E-state index in [4.69, 9.17) is 0 Å². The summed E-state index contributed by atoms with van der Waals surface area (Å²) < 4.78 is 28.5. The lowest BCUT2D eigenvalue weighted by molar-refractivity contribution is 0.238. The van der Waals surface area contributed by atoms with Crippen LogP contribution in [0.4, 0.5) is 14.5 Å². The van der Waals surface area contributed by atoms with Gasteiger partial charge in [0.05, 0.1) is 12.6 Å². The minimum absolute atomic E-state index is 0.00370. The molecule has 2 N–H and O–H groups in total. The van der Waals surface area contributed by atoms with Gasteiger partial charge in [-0.1, -0.05) is 6.92 Å². The lowest BCUT2D eigenvalue weighted by atomic mass is 10.0. The van der Waals surface area contributed by atoms with E-state index in [1.165, 1.54) is 12.1 Å². The highest BCUT2D eigenvalue weighted by Gasteiger charge is 2.27. The average molecular weight is 284 g/mol. The largest absolute Gasteiger partial charge is 0.394 e. The smallest absolute Gasteiger partial charge is 0.149 e. The van der Waals surface area contributed by atoms with E-state index in [1.54, 1.807) is 4.90 Å². The molecule has 1 atom stereocenters. The number of hydrogen-bond acceptors (Lipinski definition) is 3. The fraction of sp³-hybridized carbons (Fsp3) is 0.600. The van der Waals surface area contributed by atoms with E-state index in [0.29, 0.717) is 18.7 Å². The number of nitrogens with zero attached hydrogens (tertiary/aromatic N) is 1. The maximum Gasteiger partial charge on any atom is 0.149 e. The van der Waals surface area contributed by atoms with Crippen LogP contribution in [0.5, 0.6) is 0 Å². The molecule has 0 spiro atoms. The van der Waals surface area contributed by atoms with Crippen molar-refractivity contribution < 1.29 is 13.9 Å². The van der Waals surface area contributed by atoms with Crippen molar-refractivity contribution in [3.05, 3.63) is 29.3 Å². The van der Waals surface area contributed by atoms with E-state index in [9.17, 15) is 13.9 Å². The molecule has 3 nitrogen and oxygen atoms in total. The fourth-order valence-corrected chi connectivity index (χ4v) is 2.75. The summed E-state index contributed by atoms with van der Waals surface area (Å²) >= 11 is 0. The zero-order valence-corrected chi connectivity index (χ0v) is 11.8. The van der Waals surface area contributed by atoms with Crippen LogP contribution in [0.2, 0.25) is 0 Å². The molecular formula is C15H22F2N2O. The maximum atomic E-state index is 14.2. The Balaban J connectivity index is 2.26. The number of halogens is 2. The molecule has 0 amide bonds. The van der Waals surface area contributed by atoms with Crippen LogP contribution >= 0.6 is 0 Å². The molecule has 0 aromatic heterocycles. The highest BCUT2D eigenvalue weighted by atomic mass is 19.1. The Hall–Kier alpha value is -1.20. The number of rotatable bonds is 5. The predicted octanol–water partition coefficient (Wildman–Crippen LogP) is 2.43. The second kappa shape index (κ2) is 6.99. The summed E-state index contributed by atoms with van der Waals surface area (Å²) in [6.45, 7) is 3.67.